The van der Waals surface area contributed by atoms with Crippen LogP contribution in [-0.2, 0) is 4.74 Å². The van der Waals surface area contributed by atoms with Crippen LogP contribution in [0, 0.1) is 5.92 Å². The SMILES string of the molecule is CCOC(=O)N1CCC(NC(=NC)NCC2CCCN2CC2CCCCC2)CC1.I. The second-order valence-corrected chi connectivity index (χ2v) is 8.85. The molecule has 2 N–H and O–H groups in total. The molecule has 1 atom stereocenters. The number of halogens is 1. The van der Waals surface area contributed by atoms with Crippen molar-refractivity contribution in [1.82, 2.24) is 20.4 Å². The normalized spacial score (nSPS) is 24.4. The molecule has 1 aliphatic carbocycles. The minimum absolute atomic E-state index is 0. The number of nitrogens with one attached hydrogen (secondary N) is 2. The monoisotopic (exact) mass is 535 g/mol. The van der Waals surface area contributed by atoms with Crippen molar-refractivity contribution in [2.24, 2.45) is 10.9 Å². The van der Waals surface area contributed by atoms with Crippen molar-refractivity contribution in [2.45, 2.75) is 76.8 Å². The highest BCUT2D eigenvalue weighted by Crippen LogP contribution is 2.27. The van der Waals surface area contributed by atoms with E-state index in [4.69, 9.17) is 4.74 Å². The number of carbonyl (C=O) groups is 1. The third-order valence-electron chi connectivity index (χ3n) is 6.81. The topological polar surface area (TPSA) is 69.2 Å². The number of carbonyl (C=O) groups excluding carboxylic acids is 1. The van der Waals surface area contributed by atoms with E-state index in [0.29, 0.717) is 18.7 Å². The van der Waals surface area contributed by atoms with E-state index in [1.54, 1.807) is 4.90 Å². The molecule has 3 fully saturated rings. The zero-order valence-corrected chi connectivity index (χ0v) is 21.2. The molecule has 174 valence electrons. The van der Waals surface area contributed by atoms with Crippen molar-refractivity contribution in [1.29, 1.82) is 0 Å². The summed E-state index contributed by atoms with van der Waals surface area (Å²) in [6.07, 6.45) is 11.4. The van der Waals surface area contributed by atoms with Crippen molar-refractivity contribution in [3.05, 3.63) is 0 Å². The molecule has 1 amide bonds. The van der Waals surface area contributed by atoms with Gasteiger partial charge < -0.3 is 20.3 Å². The Kier molecular flexibility index (Phi) is 11.6. The summed E-state index contributed by atoms with van der Waals surface area (Å²) >= 11 is 0. The summed E-state index contributed by atoms with van der Waals surface area (Å²) in [5.41, 5.74) is 0. The van der Waals surface area contributed by atoms with Gasteiger partial charge in [0, 0.05) is 45.3 Å². The quantitative estimate of drug-likeness (QED) is 0.310. The standard InChI is InChI=1S/C22H41N5O2.HI/c1-3-29-22(28)26-14-11-19(12-15-26)25-21(23-2)24-16-20-10-7-13-27(20)17-18-8-5-4-6-9-18;/h18-20H,3-17H2,1-2H3,(H2,23,24,25);1H. The van der Waals surface area contributed by atoms with Gasteiger partial charge in [-0.25, -0.2) is 4.79 Å². The molecule has 2 aliphatic heterocycles. The van der Waals surface area contributed by atoms with Gasteiger partial charge >= 0.3 is 6.09 Å². The average Bonchev–Trinajstić information content (AvgIpc) is 3.19. The number of ether oxygens (including phenoxy) is 1. The van der Waals surface area contributed by atoms with Crippen molar-refractivity contribution in [2.75, 3.05) is 46.4 Å². The minimum Gasteiger partial charge on any atom is -0.450 e. The van der Waals surface area contributed by atoms with Crippen LogP contribution in [0.2, 0.25) is 0 Å². The Bertz CT molecular complexity index is 534. The first kappa shape index (κ1) is 25.5. The molecule has 0 radical (unpaired) electrons. The molecule has 0 aromatic heterocycles. The predicted octanol–water partition coefficient (Wildman–Crippen LogP) is 3.44. The summed E-state index contributed by atoms with van der Waals surface area (Å²) in [7, 11) is 1.84. The number of nitrogens with zero attached hydrogens (tertiary/aromatic N) is 3. The van der Waals surface area contributed by atoms with Crippen LogP contribution in [0.15, 0.2) is 4.99 Å². The van der Waals surface area contributed by atoms with Crippen LogP contribution in [-0.4, -0.2) is 80.3 Å². The first-order valence-electron chi connectivity index (χ1n) is 11.8. The van der Waals surface area contributed by atoms with Gasteiger partial charge in [0.05, 0.1) is 6.61 Å². The molecule has 0 bridgehead atoms. The molecule has 0 aromatic carbocycles. The molecule has 0 aromatic rings. The summed E-state index contributed by atoms with van der Waals surface area (Å²) in [5.74, 6) is 1.80. The molecule has 3 rings (SSSR count). The molecule has 7 nitrogen and oxygen atoms in total. The second-order valence-electron chi connectivity index (χ2n) is 8.85. The van der Waals surface area contributed by atoms with Crippen LogP contribution in [0.3, 0.4) is 0 Å². The number of aliphatic imine (C=N–C) groups is 1. The van der Waals surface area contributed by atoms with Gasteiger partial charge in [-0.1, -0.05) is 19.3 Å². The fraction of sp³-hybridized carbons (Fsp3) is 0.909. The summed E-state index contributed by atoms with van der Waals surface area (Å²) < 4.78 is 5.10. The van der Waals surface area contributed by atoms with Crippen LogP contribution in [0.5, 0.6) is 0 Å². The van der Waals surface area contributed by atoms with Gasteiger partial charge in [-0.3, -0.25) is 9.89 Å². The minimum atomic E-state index is -0.187. The zero-order valence-electron chi connectivity index (χ0n) is 18.9. The van der Waals surface area contributed by atoms with Gasteiger partial charge in [-0.15, -0.1) is 24.0 Å². The van der Waals surface area contributed by atoms with E-state index in [9.17, 15) is 4.79 Å². The Morgan fingerprint density at radius 3 is 2.43 bits per heavy atom. The Balaban J connectivity index is 0.00000320. The summed E-state index contributed by atoms with van der Waals surface area (Å²) in [5, 5.41) is 7.13. The maximum absolute atomic E-state index is 11.8. The van der Waals surface area contributed by atoms with Crippen molar-refractivity contribution in [3.8, 4) is 0 Å². The van der Waals surface area contributed by atoms with Gasteiger partial charge in [-0.05, 0) is 57.9 Å². The molecule has 2 heterocycles. The van der Waals surface area contributed by atoms with Gasteiger partial charge in [0.2, 0.25) is 0 Å². The first-order valence-corrected chi connectivity index (χ1v) is 11.8. The maximum atomic E-state index is 11.8. The molecular weight excluding hydrogens is 493 g/mol. The molecule has 3 aliphatic rings. The largest absolute Gasteiger partial charge is 0.450 e. The Labute approximate surface area is 199 Å². The highest BCUT2D eigenvalue weighted by Gasteiger charge is 2.28. The molecule has 0 spiro atoms. The summed E-state index contributed by atoms with van der Waals surface area (Å²) in [6.45, 7) is 7.27. The fourth-order valence-electron chi connectivity index (χ4n) is 5.09. The fourth-order valence-corrected chi connectivity index (χ4v) is 5.09. The predicted molar refractivity (Wildman–Crippen MR) is 133 cm³/mol. The lowest BCUT2D eigenvalue weighted by Gasteiger charge is -2.33. The van der Waals surface area contributed by atoms with Gasteiger partial charge in [0.25, 0.3) is 0 Å². The second kappa shape index (κ2) is 13.6. The van der Waals surface area contributed by atoms with E-state index in [2.05, 4.69) is 20.5 Å². The number of guanidine groups is 1. The smallest absolute Gasteiger partial charge is 0.409 e. The highest BCUT2D eigenvalue weighted by molar-refractivity contribution is 14.0. The molecule has 1 saturated carbocycles. The molecular formula is C22H42IN5O2. The Hall–Kier alpha value is -0.770. The van der Waals surface area contributed by atoms with Gasteiger partial charge in [0.1, 0.15) is 0 Å². The van der Waals surface area contributed by atoms with Gasteiger partial charge in [-0.2, -0.15) is 0 Å². The lowest BCUT2D eigenvalue weighted by Crippen LogP contribution is -2.51. The summed E-state index contributed by atoms with van der Waals surface area (Å²) in [4.78, 5) is 20.8. The maximum Gasteiger partial charge on any atom is 0.409 e. The Morgan fingerprint density at radius 1 is 1.03 bits per heavy atom. The Morgan fingerprint density at radius 2 is 1.77 bits per heavy atom. The van der Waals surface area contributed by atoms with Crippen molar-refractivity contribution >= 4 is 36.0 Å². The third-order valence-corrected chi connectivity index (χ3v) is 6.81. The number of likely N-dealkylation sites (tertiary alicyclic amines) is 2. The van der Waals surface area contributed by atoms with Crippen LogP contribution in [0.1, 0.15) is 64.7 Å². The number of amides is 1. The van der Waals surface area contributed by atoms with Crippen LogP contribution in [0.25, 0.3) is 0 Å². The van der Waals surface area contributed by atoms with Crippen LogP contribution >= 0.6 is 24.0 Å². The molecule has 1 unspecified atom stereocenters. The molecule has 2 saturated heterocycles. The van der Waals surface area contributed by atoms with E-state index in [-0.39, 0.29) is 30.1 Å². The number of hydrogen-bond acceptors (Lipinski definition) is 4. The van der Waals surface area contributed by atoms with Crippen LogP contribution in [0.4, 0.5) is 4.79 Å². The molecule has 30 heavy (non-hydrogen) atoms. The average molecular weight is 536 g/mol. The van der Waals surface area contributed by atoms with E-state index in [1.807, 2.05) is 14.0 Å². The van der Waals surface area contributed by atoms with Crippen LogP contribution < -0.4 is 10.6 Å². The van der Waals surface area contributed by atoms with Crippen molar-refractivity contribution in [3.63, 3.8) is 0 Å². The zero-order chi connectivity index (χ0) is 20.5. The number of rotatable bonds is 6. The summed E-state index contributed by atoms with van der Waals surface area (Å²) in [6, 6.07) is 0.981. The van der Waals surface area contributed by atoms with E-state index in [1.165, 1.54) is 58.0 Å². The van der Waals surface area contributed by atoms with E-state index >= 15 is 0 Å². The molecule has 8 heteroatoms. The number of piperidine rings is 1. The lowest BCUT2D eigenvalue weighted by atomic mass is 9.89. The van der Waals surface area contributed by atoms with E-state index < -0.39 is 0 Å². The highest BCUT2D eigenvalue weighted by atomic mass is 127. The first-order chi connectivity index (χ1) is 14.2. The lowest BCUT2D eigenvalue weighted by molar-refractivity contribution is 0.0963. The van der Waals surface area contributed by atoms with Crippen molar-refractivity contribution < 1.29 is 9.53 Å². The number of hydrogen-bond donors (Lipinski definition) is 2. The third kappa shape index (κ3) is 7.73. The van der Waals surface area contributed by atoms with E-state index in [0.717, 1.165) is 44.4 Å². The van der Waals surface area contributed by atoms with Gasteiger partial charge in [0.15, 0.2) is 5.96 Å².